The molecule has 37 heavy (non-hydrogen) atoms. The lowest BCUT2D eigenvalue weighted by Crippen LogP contribution is -2.43. The van der Waals surface area contributed by atoms with E-state index < -0.39 is 36.2 Å². The Morgan fingerprint density at radius 1 is 0.838 bits per heavy atom. The SMILES string of the molecule is O=C(O)C(F)(F)F.O=C(O)[C@H]1CCCN1C(=O)CCc1ccc(NCC(=O)N2CCC[C@@H]2C(=O)O)cc1. The highest BCUT2D eigenvalue weighted by molar-refractivity contribution is 5.87. The van der Waals surface area contributed by atoms with Crippen LogP contribution >= 0.6 is 0 Å². The van der Waals surface area contributed by atoms with Crippen LogP contribution in [0.4, 0.5) is 18.9 Å². The van der Waals surface area contributed by atoms with E-state index in [4.69, 9.17) is 9.90 Å². The maximum atomic E-state index is 12.3. The Labute approximate surface area is 209 Å². The van der Waals surface area contributed by atoms with Crippen LogP contribution < -0.4 is 5.32 Å². The van der Waals surface area contributed by atoms with Crippen molar-refractivity contribution in [2.75, 3.05) is 25.0 Å². The van der Waals surface area contributed by atoms with Crippen LogP contribution in [0.5, 0.6) is 0 Å². The first-order valence-corrected chi connectivity index (χ1v) is 11.5. The molecule has 11 nitrogen and oxygen atoms in total. The van der Waals surface area contributed by atoms with E-state index in [9.17, 15) is 42.6 Å². The van der Waals surface area contributed by atoms with Gasteiger partial charge in [0.2, 0.25) is 11.8 Å². The summed E-state index contributed by atoms with van der Waals surface area (Å²) in [6.45, 7) is 0.976. The van der Waals surface area contributed by atoms with Crippen LogP contribution in [0.25, 0.3) is 0 Å². The second kappa shape index (κ2) is 12.9. The Bertz CT molecular complexity index is 933. The Hall–Kier alpha value is -3.84. The summed E-state index contributed by atoms with van der Waals surface area (Å²) in [5.41, 5.74) is 1.67. The number of nitrogens with zero attached hydrogens (tertiary/aromatic N) is 2. The molecule has 1 aromatic rings. The molecule has 1 aromatic carbocycles. The number of carboxylic acid groups (broad SMARTS) is 3. The van der Waals surface area contributed by atoms with Gasteiger partial charge in [0.25, 0.3) is 0 Å². The number of hydrogen-bond donors (Lipinski definition) is 4. The van der Waals surface area contributed by atoms with Gasteiger partial charge < -0.3 is 30.4 Å². The van der Waals surface area contributed by atoms with Crippen LogP contribution in [0.3, 0.4) is 0 Å². The maximum absolute atomic E-state index is 12.3. The molecule has 0 saturated carbocycles. The number of likely N-dealkylation sites (tertiary alicyclic amines) is 2. The molecule has 0 unspecified atom stereocenters. The van der Waals surface area contributed by atoms with Crippen molar-refractivity contribution >= 4 is 35.4 Å². The number of alkyl halides is 3. The summed E-state index contributed by atoms with van der Waals surface area (Å²) in [4.78, 5) is 58.8. The van der Waals surface area contributed by atoms with Gasteiger partial charge in [-0.2, -0.15) is 13.2 Å². The summed E-state index contributed by atoms with van der Waals surface area (Å²) in [7, 11) is 0. The minimum atomic E-state index is -5.08. The molecule has 2 fully saturated rings. The summed E-state index contributed by atoms with van der Waals surface area (Å²) in [6.07, 6.45) is -1.92. The monoisotopic (exact) mass is 531 g/mol. The lowest BCUT2D eigenvalue weighted by molar-refractivity contribution is -0.192. The third kappa shape index (κ3) is 8.65. The Morgan fingerprint density at radius 2 is 1.30 bits per heavy atom. The average Bonchev–Trinajstić information content (AvgIpc) is 3.52. The standard InChI is InChI=1S/C21H27N3O6.C2HF3O2/c25-18(23-11-1-3-16(23)20(27)28)10-7-14-5-8-15(9-6-14)22-13-19(26)24-12-2-4-17(24)21(29)30;3-2(4,5)1(6)7/h5-6,8-9,16-17,22H,1-4,7,10-13H2,(H,27,28)(H,29,30);(H,6,7)/t16-,17-;/m1./s1. The predicted octanol–water partition coefficient (Wildman–Crippen LogP) is 1.82. The minimum Gasteiger partial charge on any atom is -0.480 e. The van der Waals surface area contributed by atoms with Crippen LogP contribution in [-0.4, -0.2) is 92.7 Å². The second-order valence-corrected chi connectivity index (χ2v) is 8.52. The lowest BCUT2D eigenvalue weighted by atomic mass is 10.1. The van der Waals surface area contributed by atoms with E-state index in [1.165, 1.54) is 9.80 Å². The Kier molecular flexibility index (Phi) is 10.3. The number of halogens is 3. The van der Waals surface area contributed by atoms with E-state index in [0.717, 1.165) is 11.3 Å². The number of nitrogens with one attached hydrogen (secondary N) is 1. The Balaban J connectivity index is 0.000000604. The van der Waals surface area contributed by atoms with E-state index in [1.807, 2.05) is 24.3 Å². The topological polar surface area (TPSA) is 165 Å². The second-order valence-electron chi connectivity index (χ2n) is 8.52. The number of aliphatic carboxylic acids is 3. The van der Waals surface area contributed by atoms with Crippen molar-refractivity contribution in [3.05, 3.63) is 29.8 Å². The van der Waals surface area contributed by atoms with Gasteiger partial charge in [-0.25, -0.2) is 14.4 Å². The Morgan fingerprint density at radius 3 is 1.73 bits per heavy atom. The van der Waals surface area contributed by atoms with Crippen LogP contribution in [0.1, 0.15) is 37.7 Å². The van der Waals surface area contributed by atoms with E-state index >= 15 is 0 Å². The van der Waals surface area contributed by atoms with Crippen LogP contribution in [0, 0.1) is 0 Å². The van der Waals surface area contributed by atoms with Crippen LogP contribution in [0.15, 0.2) is 24.3 Å². The third-order valence-corrected chi connectivity index (χ3v) is 5.98. The zero-order valence-corrected chi connectivity index (χ0v) is 19.7. The molecule has 0 aliphatic carbocycles. The summed E-state index contributed by atoms with van der Waals surface area (Å²) < 4.78 is 31.7. The van der Waals surface area contributed by atoms with Crippen molar-refractivity contribution in [3.8, 4) is 0 Å². The summed E-state index contributed by atoms with van der Waals surface area (Å²) in [6, 6.07) is 5.88. The van der Waals surface area contributed by atoms with Gasteiger partial charge in [0, 0.05) is 25.2 Å². The minimum absolute atomic E-state index is 0.0210. The molecule has 4 N–H and O–H groups in total. The molecule has 0 spiro atoms. The molecule has 14 heteroatoms. The van der Waals surface area contributed by atoms with Gasteiger partial charge >= 0.3 is 24.1 Å². The van der Waals surface area contributed by atoms with Gasteiger partial charge in [-0.15, -0.1) is 0 Å². The van der Waals surface area contributed by atoms with Crippen molar-refractivity contribution in [2.24, 2.45) is 0 Å². The molecule has 2 saturated heterocycles. The van der Waals surface area contributed by atoms with E-state index in [0.29, 0.717) is 45.2 Å². The zero-order chi connectivity index (χ0) is 27.8. The number of carbonyl (C=O) groups is 5. The van der Waals surface area contributed by atoms with Crippen molar-refractivity contribution in [2.45, 2.75) is 56.8 Å². The van der Waals surface area contributed by atoms with Gasteiger partial charge in [0.05, 0.1) is 6.54 Å². The normalized spacial score (nSPS) is 19.1. The quantitative estimate of drug-likeness (QED) is 0.392. The maximum Gasteiger partial charge on any atom is 0.490 e. The number of anilines is 1. The molecule has 2 amide bonds. The van der Waals surface area contributed by atoms with Crippen molar-refractivity contribution in [1.29, 1.82) is 0 Å². The van der Waals surface area contributed by atoms with E-state index in [1.54, 1.807) is 0 Å². The summed E-state index contributed by atoms with van der Waals surface area (Å²) in [5, 5.41) is 28.5. The highest BCUT2D eigenvalue weighted by Gasteiger charge is 2.38. The fraction of sp³-hybridized carbons (Fsp3) is 0.522. The van der Waals surface area contributed by atoms with E-state index in [-0.39, 0.29) is 24.8 Å². The fourth-order valence-corrected chi connectivity index (χ4v) is 4.11. The van der Waals surface area contributed by atoms with E-state index in [2.05, 4.69) is 5.32 Å². The summed E-state index contributed by atoms with van der Waals surface area (Å²) in [5.74, 6) is -5.07. The van der Waals surface area contributed by atoms with Crippen molar-refractivity contribution in [3.63, 3.8) is 0 Å². The number of carboxylic acids is 3. The zero-order valence-electron chi connectivity index (χ0n) is 19.7. The van der Waals surface area contributed by atoms with Crippen molar-refractivity contribution < 1.29 is 52.5 Å². The number of hydrogen-bond acceptors (Lipinski definition) is 6. The number of carbonyl (C=O) groups excluding carboxylic acids is 2. The number of amides is 2. The fourth-order valence-electron chi connectivity index (χ4n) is 4.11. The number of rotatable bonds is 8. The molecule has 2 heterocycles. The van der Waals surface area contributed by atoms with Gasteiger partial charge in [0.1, 0.15) is 12.1 Å². The molecule has 3 rings (SSSR count). The lowest BCUT2D eigenvalue weighted by Gasteiger charge is -2.22. The van der Waals surface area contributed by atoms with Crippen LogP contribution in [-0.2, 0) is 30.4 Å². The van der Waals surface area contributed by atoms with Gasteiger partial charge in [0.15, 0.2) is 0 Å². The average molecular weight is 531 g/mol. The molecule has 0 bridgehead atoms. The first kappa shape index (κ1) is 29.4. The molecule has 2 atom stereocenters. The summed E-state index contributed by atoms with van der Waals surface area (Å²) >= 11 is 0. The highest BCUT2D eigenvalue weighted by atomic mass is 19.4. The molecule has 0 radical (unpaired) electrons. The van der Waals surface area contributed by atoms with Gasteiger partial charge in [-0.3, -0.25) is 9.59 Å². The molecule has 2 aliphatic heterocycles. The molecular formula is C23H28F3N3O8. The van der Waals surface area contributed by atoms with Gasteiger partial charge in [-0.1, -0.05) is 12.1 Å². The molecule has 2 aliphatic rings. The number of benzene rings is 1. The highest BCUT2D eigenvalue weighted by Crippen LogP contribution is 2.20. The van der Waals surface area contributed by atoms with Gasteiger partial charge in [-0.05, 0) is 49.8 Å². The smallest absolute Gasteiger partial charge is 0.480 e. The van der Waals surface area contributed by atoms with Crippen molar-refractivity contribution in [1.82, 2.24) is 9.80 Å². The first-order chi connectivity index (χ1) is 17.3. The third-order valence-electron chi connectivity index (χ3n) is 5.98. The molecular weight excluding hydrogens is 503 g/mol. The molecule has 0 aromatic heterocycles. The largest absolute Gasteiger partial charge is 0.490 e. The first-order valence-electron chi connectivity index (χ1n) is 11.5. The van der Waals surface area contributed by atoms with Crippen LogP contribution in [0.2, 0.25) is 0 Å². The number of aryl methyl sites for hydroxylation is 1. The molecule has 204 valence electrons. The predicted molar refractivity (Wildman–Crippen MR) is 122 cm³/mol.